The summed E-state index contributed by atoms with van der Waals surface area (Å²) >= 11 is 2.10. The second-order valence-corrected chi connectivity index (χ2v) is 6.07. The molecule has 2 amide bonds. The fourth-order valence-corrected chi connectivity index (χ4v) is 2.95. The molecular weight excluding hydrogens is 413 g/mol. The number of hydrogen-bond donors (Lipinski definition) is 2. The molecule has 0 aliphatic carbocycles. The summed E-state index contributed by atoms with van der Waals surface area (Å²) in [6.45, 7) is 2.23. The molecule has 1 aliphatic heterocycles. The fourth-order valence-electron chi connectivity index (χ4n) is 2.47. The maximum absolute atomic E-state index is 12.5. The average Bonchev–Trinajstić information content (AvgIpc) is 2.76. The fraction of sp³-hybridized carbons (Fsp3) is 0.133. The number of pyridine rings is 1. The van der Waals surface area contributed by atoms with E-state index in [1.165, 1.54) is 4.57 Å². The molecule has 23 heavy (non-hydrogen) atoms. The molecular formula is C15H12IN3O4. The molecule has 8 heteroatoms. The number of hydrogen-bond acceptors (Lipinski definition) is 5. The molecule has 3 rings (SSSR count). The van der Waals surface area contributed by atoms with Gasteiger partial charge in [-0.2, -0.15) is 0 Å². The Morgan fingerprint density at radius 3 is 2.65 bits per heavy atom. The van der Waals surface area contributed by atoms with Crippen molar-refractivity contribution in [2.75, 3.05) is 12.3 Å². The Kier molecular flexibility index (Phi) is 3.84. The molecule has 7 nitrogen and oxygen atoms in total. The van der Waals surface area contributed by atoms with Crippen molar-refractivity contribution in [3.05, 3.63) is 49.3 Å². The summed E-state index contributed by atoms with van der Waals surface area (Å²) in [5, 5.41) is 2.14. The first-order valence-corrected chi connectivity index (χ1v) is 7.85. The first-order chi connectivity index (χ1) is 10.9. The van der Waals surface area contributed by atoms with E-state index in [-0.39, 0.29) is 16.9 Å². The Balaban J connectivity index is 2.33. The van der Waals surface area contributed by atoms with Gasteiger partial charge in [0.2, 0.25) is 0 Å². The number of anilines is 1. The number of ether oxygens (including phenoxy) is 1. The van der Waals surface area contributed by atoms with E-state index in [4.69, 9.17) is 10.5 Å². The zero-order valence-electron chi connectivity index (χ0n) is 12.1. The summed E-state index contributed by atoms with van der Waals surface area (Å²) in [4.78, 5) is 36.1. The summed E-state index contributed by atoms with van der Waals surface area (Å²) in [6.07, 6.45) is 0. The van der Waals surface area contributed by atoms with Gasteiger partial charge in [-0.05, 0) is 47.7 Å². The lowest BCUT2D eigenvalue weighted by Crippen LogP contribution is -2.24. The van der Waals surface area contributed by atoms with Gasteiger partial charge in [-0.1, -0.05) is 0 Å². The molecule has 0 unspecified atom stereocenters. The van der Waals surface area contributed by atoms with Gasteiger partial charge in [-0.25, -0.2) is 0 Å². The number of rotatable bonds is 3. The first-order valence-electron chi connectivity index (χ1n) is 6.78. The molecule has 0 atom stereocenters. The van der Waals surface area contributed by atoms with Gasteiger partial charge in [0.25, 0.3) is 17.4 Å². The lowest BCUT2D eigenvalue weighted by molar-refractivity contribution is 0.0880. The summed E-state index contributed by atoms with van der Waals surface area (Å²) in [7, 11) is 0. The lowest BCUT2D eigenvalue weighted by Gasteiger charge is -2.16. The lowest BCUT2D eigenvalue weighted by atomic mass is 10.1. The van der Waals surface area contributed by atoms with Crippen LogP contribution in [0.25, 0.3) is 5.69 Å². The van der Waals surface area contributed by atoms with Crippen molar-refractivity contribution in [1.29, 1.82) is 0 Å². The third kappa shape index (κ3) is 2.48. The minimum absolute atomic E-state index is 0.00246. The van der Waals surface area contributed by atoms with Crippen molar-refractivity contribution in [2.45, 2.75) is 6.92 Å². The number of nitrogens with zero attached hydrogens (tertiary/aromatic N) is 1. The molecule has 0 radical (unpaired) electrons. The van der Waals surface area contributed by atoms with Crippen molar-refractivity contribution in [3.63, 3.8) is 0 Å². The maximum Gasteiger partial charge on any atom is 0.262 e. The van der Waals surface area contributed by atoms with Crippen LogP contribution in [0.1, 0.15) is 27.6 Å². The van der Waals surface area contributed by atoms with Crippen molar-refractivity contribution in [2.24, 2.45) is 0 Å². The Hall–Kier alpha value is -2.36. The third-order valence-electron chi connectivity index (χ3n) is 3.42. The van der Waals surface area contributed by atoms with Crippen LogP contribution in [0.3, 0.4) is 0 Å². The number of aromatic nitrogens is 1. The van der Waals surface area contributed by atoms with Crippen LogP contribution in [0.4, 0.5) is 5.82 Å². The van der Waals surface area contributed by atoms with Crippen molar-refractivity contribution in [1.82, 2.24) is 9.88 Å². The normalized spacial score (nSPS) is 13.0. The van der Waals surface area contributed by atoms with Crippen molar-refractivity contribution < 1.29 is 14.3 Å². The van der Waals surface area contributed by atoms with Crippen molar-refractivity contribution in [3.8, 4) is 11.4 Å². The molecule has 0 spiro atoms. The summed E-state index contributed by atoms with van der Waals surface area (Å²) in [5.41, 5.74) is 5.96. The van der Waals surface area contributed by atoms with Gasteiger partial charge >= 0.3 is 0 Å². The van der Waals surface area contributed by atoms with Gasteiger partial charge < -0.3 is 10.5 Å². The van der Waals surface area contributed by atoms with Crippen LogP contribution in [-0.2, 0) is 0 Å². The highest BCUT2D eigenvalue weighted by Gasteiger charge is 2.32. The topological polar surface area (TPSA) is 103 Å². The Labute approximate surface area is 144 Å². The zero-order valence-corrected chi connectivity index (χ0v) is 14.2. The minimum atomic E-state index is -0.617. The highest BCUT2D eigenvalue weighted by atomic mass is 127. The number of carbonyl (C=O) groups is 2. The molecule has 3 N–H and O–H groups in total. The molecule has 0 bridgehead atoms. The van der Waals surface area contributed by atoms with Crippen LogP contribution in [0.15, 0.2) is 29.1 Å². The van der Waals surface area contributed by atoms with Crippen LogP contribution in [0, 0.1) is 3.57 Å². The number of nitrogens with two attached hydrogens (primary N) is 1. The van der Waals surface area contributed by atoms with Gasteiger partial charge in [0.1, 0.15) is 11.6 Å². The Morgan fingerprint density at radius 2 is 1.96 bits per heavy atom. The monoisotopic (exact) mass is 425 g/mol. The molecule has 1 aromatic heterocycles. The van der Waals surface area contributed by atoms with E-state index < -0.39 is 17.4 Å². The van der Waals surface area contributed by atoms with E-state index in [0.29, 0.717) is 18.0 Å². The zero-order chi connectivity index (χ0) is 16.7. The molecule has 0 saturated heterocycles. The van der Waals surface area contributed by atoms with E-state index in [2.05, 4.69) is 27.9 Å². The van der Waals surface area contributed by atoms with Crippen LogP contribution in [0.2, 0.25) is 0 Å². The van der Waals surface area contributed by atoms with Crippen LogP contribution in [-0.4, -0.2) is 23.0 Å². The first kappa shape index (κ1) is 15.5. The minimum Gasteiger partial charge on any atom is -0.492 e. The molecule has 0 saturated carbocycles. The van der Waals surface area contributed by atoms with E-state index >= 15 is 0 Å². The molecule has 2 aromatic rings. The Morgan fingerprint density at radius 1 is 1.22 bits per heavy atom. The molecule has 118 valence electrons. The quantitative estimate of drug-likeness (QED) is 0.570. The predicted molar refractivity (Wildman–Crippen MR) is 92.1 cm³/mol. The van der Waals surface area contributed by atoms with E-state index in [9.17, 15) is 14.4 Å². The molecule has 1 aromatic carbocycles. The average molecular weight is 425 g/mol. The number of halogens is 1. The Bertz CT molecular complexity index is 904. The van der Waals surface area contributed by atoms with Crippen LogP contribution in [0.5, 0.6) is 5.75 Å². The summed E-state index contributed by atoms with van der Waals surface area (Å²) < 4.78 is 7.59. The highest BCUT2D eigenvalue weighted by molar-refractivity contribution is 14.1. The number of carbonyl (C=O) groups excluding carboxylic acids is 2. The molecule has 2 heterocycles. The van der Waals surface area contributed by atoms with E-state index in [1.807, 2.05) is 13.0 Å². The number of nitrogen functional groups attached to an aromatic ring is 1. The van der Waals surface area contributed by atoms with Crippen LogP contribution < -0.4 is 21.3 Å². The van der Waals surface area contributed by atoms with Gasteiger partial charge in [-0.3, -0.25) is 24.3 Å². The van der Waals surface area contributed by atoms with Gasteiger partial charge in [0.05, 0.1) is 23.4 Å². The van der Waals surface area contributed by atoms with Gasteiger partial charge in [0.15, 0.2) is 0 Å². The smallest absolute Gasteiger partial charge is 0.262 e. The maximum atomic E-state index is 12.5. The largest absolute Gasteiger partial charge is 0.492 e. The SMILES string of the molecule is CCOc1ccc(I)cc1-n1c(N)c2c(cc1=O)C(=O)NC2=O. The number of amides is 2. The third-order valence-corrected chi connectivity index (χ3v) is 4.09. The van der Waals surface area contributed by atoms with Gasteiger partial charge in [-0.15, -0.1) is 0 Å². The summed E-state index contributed by atoms with van der Waals surface area (Å²) in [6, 6.07) is 6.40. The van der Waals surface area contributed by atoms with Crippen LogP contribution >= 0.6 is 22.6 Å². The second kappa shape index (κ2) is 5.69. The molecule has 1 aliphatic rings. The van der Waals surface area contributed by atoms with E-state index in [0.717, 1.165) is 9.64 Å². The number of imide groups is 1. The summed E-state index contributed by atoms with van der Waals surface area (Å²) in [5.74, 6) is -0.848. The molecule has 0 fully saturated rings. The number of nitrogens with one attached hydrogen (secondary N) is 1. The highest BCUT2D eigenvalue weighted by Crippen LogP contribution is 2.29. The standard InChI is InChI=1S/C15H12IN3O4/c1-2-23-10-4-3-7(16)5-9(10)19-11(20)6-8-12(13(19)17)15(22)18-14(8)21/h3-6H,2,17H2,1H3,(H,18,21,22). The van der Waals surface area contributed by atoms with Crippen molar-refractivity contribution >= 4 is 40.2 Å². The predicted octanol–water partition coefficient (Wildman–Crippen LogP) is 1.31. The van der Waals surface area contributed by atoms with E-state index in [1.54, 1.807) is 12.1 Å². The number of fused-ring (bicyclic) bond motifs is 1. The number of benzene rings is 1. The second-order valence-electron chi connectivity index (χ2n) is 4.82. The van der Waals surface area contributed by atoms with Gasteiger partial charge in [0, 0.05) is 9.64 Å².